The molecule has 1 aliphatic rings. The Morgan fingerprint density at radius 1 is 1.21 bits per heavy atom. The molecular formula is C24H34O5. The lowest BCUT2D eigenvalue weighted by Gasteiger charge is -2.27. The van der Waals surface area contributed by atoms with Crippen molar-refractivity contribution in [2.24, 2.45) is 0 Å². The zero-order valence-corrected chi connectivity index (χ0v) is 17.8. The van der Waals surface area contributed by atoms with Gasteiger partial charge in [0.2, 0.25) is 0 Å². The smallest absolute Gasteiger partial charge is 0.335 e. The van der Waals surface area contributed by atoms with Gasteiger partial charge in [-0.2, -0.15) is 0 Å². The largest absolute Gasteiger partial charge is 0.458 e. The molecule has 1 fully saturated rings. The maximum absolute atomic E-state index is 13.0. The zero-order chi connectivity index (χ0) is 21.3. The Bertz CT molecular complexity index is 654. The summed E-state index contributed by atoms with van der Waals surface area (Å²) >= 11 is 0. The second-order valence-corrected chi connectivity index (χ2v) is 7.72. The molecule has 4 atom stereocenters. The highest BCUT2D eigenvalue weighted by atomic mass is 16.8. The van der Waals surface area contributed by atoms with Crippen LogP contribution in [0.5, 0.6) is 0 Å². The molecule has 1 saturated heterocycles. The van der Waals surface area contributed by atoms with Crippen molar-refractivity contribution in [2.75, 3.05) is 0 Å². The van der Waals surface area contributed by atoms with Crippen molar-refractivity contribution in [3.63, 3.8) is 0 Å². The van der Waals surface area contributed by atoms with Crippen LogP contribution in [0.4, 0.5) is 0 Å². The number of ether oxygens (including phenoxy) is 4. The van der Waals surface area contributed by atoms with E-state index in [4.69, 9.17) is 18.9 Å². The van der Waals surface area contributed by atoms with Gasteiger partial charge in [-0.05, 0) is 38.7 Å². The highest BCUT2D eigenvalue weighted by Gasteiger charge is 2.45. The van der Waals surface area contributed by atoms with Crippen LogP contribution in [0.25, 0.3) is 0 Å². The lowest BCUT2D eigenvalue weighted by atomic mass is 10.0. The second-order valence-electron chi connectivity index (χ2n) is 7.72. The van der Waals surface area contributed by atoms with E-state index in [0.717, 1.165) is 12.0 Å². The van der Waals surface area contributed by atoms with Gasteiger partial charge in [-0.3, -0.25) is 0 Å². The average molecular weight is 403 g/mol. The molecule has 0 saturated carbocycles. The third kappa shape index (κ3) is 7.11. The van der Waals surface area contributed by atoms with Gasteiger partial charge in [0.1, 0.15) is 18.3 Å². The van der Waals surface area contributed by atoms with E-state index in [9.17, 15) is 4.79 Å². The van der Waals surface area contributed by atoms with Crippen LogP contribution in [-0.4, -0.2) is 36.2 Å². The highest BCUT2D eigenvalue weighted by Crippen LogP contribution is 2.33. The summed E-state index contributed by atoms with van der Waals surface area (Å²) in [6.07, 6.45) is 4.39. The van der Waals surface area contributed by atoms with Crippen molar-refractivity contribution >= 4 is 5.97 Å². The molecule has 1 aromatic carbocycles. The molecule has 0 amide bonds. The molecule has 2 rings (SSSR count). The Morgan fingerprint density at radius 3 is 2.55 bits per heavy atom. The van der Waals surface area contributed by atoms with Gasteiger partial charge in [-0.1, -0.05) is 55.8 Å². The predicted molar refractivity (Wildman–Crippen MR) is 113 cm³/mol. The lowest BCUT2D eigenvalue weighted by Crippen LogP contribution is -2.40. The van der Waals surface area contributed by atoms with E-state index in [-0.39, 0.29) is 18.2 Å². The number of rotatable bonds is 12. The minimum atomic E-state index is -0.742. The van der Waals surface area contributed by atoms with Crippen molar-refractivity contribution in [1.29, 1.82) is 0 Å². The summed E-state index contributed by atoms with van der Waals surface area (Å²) in [7, 11) is 0. The Kier molecular flexibility index (Phi) is 9.08. The van der Waals surface area contributed by atoms with Crippen molar-refractivity contribution in [2.45, 2.75) is 83.3 Å². The average Bonchev–Trinajstić information content (AvgIpc) is 3.03. The maximum atomic E-state index is 13.0. The fraction of sp³-hybridized carbons (Fsp3) is 0.542. The molecule has 0 aliphatic carbocycles. The minimum Gasteiger partial charge on any atom is -0.458 e. The number of esters is 1. The van der Waals surface area contributed by atoms with Crippen LogP contribution in [0, 0.1) is 0 Å². The van der Waals surface area contributed by atoms with Gasteiger partial charge in [0, 0.05) is 0 Å². The maximum Gasteiger partial charge on any atom is 0.335 e. The van der Waals surface area contributed by atoms with Crippen molar-refractivity contribution in [3.8, 4) is 0 Å². The fourth-order valence-corrected chi connectivity index (χ4v) is 3.40. The van der Waals surface area contributed by atoms with E-state index in [2.05, 4.69) is 13.2 Å². The quantitative estimate of drug-likeness (QED) is 0.365. The standard InChI is InChI=1S/C24H34O5/c1-6-9-16-21(26-17-18-14-11-10-12-15-18)23(25)27-20(13-7-2)22-19(8-3)28-24(4,5)29-22/h6,8,10-12,14-15,19-22H,1,3,7,9,13,16-17H2,2,4-5H3/t19-,20+,21+,22-/m0/s1. The van der Waals surface area contributed by atoms with E-state index in [0.29, 0.717) is 25.9 Å². The van der Waals surface area contributed by atoms with Crippen LogP contribution >= 0.6 is 0 Å². The van der Waals surface area contributed by atoms with Gasteiger partial charge in [0.15, 0.2) is 11.9 Å². The van der Waals surface area contributed by atoms with Crippen LogP contribution in [0.2, 0.25) is 0 Å². The third-order valence-corrected chi connectivity index (χ3v) is 4.79. The topological polar surface area (TPSA) is 54.0 Å². The summed E-state index contributed by atoms with van der Waals surface area (Å²) in [5, 5.41) is 0. The van der Waals surface area contributed by atoms with Crippen LogP contribution in [-0.2, 0) is 30.3 Å². The molecule has 0 radical (unpaired) electrons. The molecule has 1 aromatic rings. The number of hydrogen-bond donors (Lipinski definition) is 0. The van der Waals surface area contributed by atoms with Crippen molar-refractivity contribution in [1.82, 2.24) is 0 Å². The van der Waals surface area contributed by atoms with Crippen LogP contribution < -0.4 is 0 Å². The lowest BCUT2D eigenvalue weighted by molar-refractivity contribution is -0.181. The molecule has 29 heavy (non-hydrogen) atoms. The summed E-state index contributed by atoms with van der Waals surface area (Å²) in [6.45, 7) is 13.7. The molecule has 0 N–H and O–H groups in total. The number of carbonyl (C=O) groups is 1. The summed E-state index contributed by atoms with van der Waals surface area (Å²) in [6, 6.07) is 9.78. The van der Waals surface area contributed by atoms with Crippen LogP contribution in [0.1, 0.15) is 52.0 Å². The first kappa shape index (κ1) is 23.3. The SMILES string of the molecule is C=CCC[C@@H](OCc1ccccc1)C(=O)O[C@H](CCC)[C@H]1OC(C)(C)O[C@H]1C=C. The normalized spacial score (nSPS) is 22.6. The first-order valence-electron chi connectivity index (χ1n) is 10.3. The summed E-state index contributed by atoms with van der Waals surface area (Å²) in [5.74, 6) is -1.12. The van der Waals surface area contributed by atoms with E-state index in [1.165, 1.54) is 0 Å². The third-order valence-electron chi connectivity index (χ3n) is 4.79. The van der Waals surface area contributed by atoms with Gasteiger partial charge in [0.05, 0.1) is 6.61 Å². The molecule has 5 heteroatoms. The molecule has 0 aromatic heterocycles. The molecule has 160 valence electrons. The number of hydrogen-bond acceptors (Lipinski definition) is 5. The Morgan fingerprint density at radius 2 is 1.93 bits per heavy atom. The molecule has 1 aliphatic heterocycles. The second kappa shape index (κ2) is 11.3. The van der Waals surface area contributed by atoms with Gasteiger partial charge < -0.3 is 18.9 Å². The van der Waals surface area contributed by atoms with Gasteiger partial charge >= 0.3 is 5.97 Å². The summed E-state index contributed by atoms with van der Waals surface area (Å²) in [5.41, 5.74) is 1.01. The molecule has 0 bridgehead atoms. The Balaban J connectivity index is 2.06. The summed E-state index contributed by atoms with van der Waals surface area (Å²) in [4.78, 5) is 13.0. The van der Waals surface area contributed by atoms with E-state index in [1.54, 1.807) is 12.2 Å². The molecule has 1 heterocycles. The molecule has 0 spiro atoms. The molecule has 5 nitrogen and oxygen atoms in total. The molecular weight excluding hydrogens is 368 g/mol. The van der Waals surface area contributed by atoms with E-state index >= 15 is 0 Å². The Labute approximate surface area is 174 Å². The number of allylic oxidation sites excluding steroid dienone is 1. The first-order valence-corrected chi connectivity index (χ1v) is 10.3. The van der Waals surface area contributed by atoms with Gasteiger partial charge in [-0.15, -0.1) is 13.2 Å². The van der Waals surface area contributed by atoms with Crippen LogP contribution in [0.15, 0.2) is 55.6 Å². The first-order chi connectivity index (χ1) is 13.9. The van der Waals surface area contributed by atoms with Crippen LogP contribution in [0.3, 0.4) is 0 Å². The predicted octanol–water partition coefficient (Wildman–Crippen LogP) is 4.96. The fourth-order valence-electron chi connectivity index (χ4n) is 3.40. The zero-order valence-electron chi connectivity index (χ0n) is 17.8. The van der Waals surface area contributed by atoms with E-state index in [1.807, 2.05) is 51.1 Å². The van der Waals surface area contributed by atoms with Gasteiger partial charge in [0.25, 0.3) is 0 Å². The summed E-state index contributed by atoms with van der Waals surface area (Å²) < 4.78 is 23.7. The van der Waals surface area contributed by atoms with Crippen molar-refractivity contribution in [3.05, 3.63) is 61.2 Å². The molecule has 0 unspecified atom stereocenters. The highest BCUT2D eigenvalue weighted by molar-refractivity contribution is 5.75. The Hall–Kier alpha value is -1.95. The minimum absolute atomic E-state index is 0.328. The monoisotopic (exact) mass is 402 g/mol. The number of carbonyl (C=O) groups excluding carboxylic acids is 1. The number of benzene rings is 1. The van der Waals surface area contributed by atoms with Gasteiger partial charge in [-0.25, -0.2) is 4.79 Å². The van der Waals surface area contributed by atoms with Crippen molar-refractivity contribution < 1.29 is 23.7 Å². The van der Waals surface area contributed by atoms with E-state index < -0.39 is 18.0 Å².